The molecule has 3 rings (SSSR count). The van der Waals surface area contributed by atoms with E-state index in [0.29, 0.717) is 35.0 Å². The highest BCUT2D eigenvalue weighted by atomic mass is 35.5. The molecule has 0 spiro atoms. The van der Waals surface area contributed by atoms with Gasteiger partial charge < -0.3 is 20.7 Å². The van der Waals surface area contributed by atoms with Gasteiger partial charge in [-0.15, -0.1) is 0 Å². The van der Waals surface area contributed by atoms with Crippen LogP contribution in [0.2, 0.25) is 5.02 Å². The standard InChI is InChI=1S/C25H28ClN5O2.C2H6/c1-4-7-18(5-2)33-19-9-10-20(23(26)12-19)24(32)21-14-29-15-22(21)25(31(3)16-27)30-17-8-6-11-28-13-17;1-2/h4-5,7,9-10,12,14,17,28-30H,1-2,6,8,11,13,15H2,3H3;1-2H3/b18-7+,25-22+;. The van der Waals surface area contributed by atoms with Crippen molar-refractivity contribution in [2.24, 2.45) is 0 Å². The Balaban J connectivity index is 0.00000210. The zero-order valence-electron chi connectivity index (χ0n) is 20.7. The summed E-state index contributed by atoms with van der Waals surface area (Å²) >= 11 is 6.46. The fraction of sp³-hybridized carbons (Fsp3) is 0.333. The lowest BCUT2D eigenvalue weighted by molar-refractivity contribution is 0.103. The summed E-state index contributed by atoms with van der Waals surface area (Å²) in [6.07, 6.45) is 10.7. The second kappa shape index (κ2) is 14.1. The number of nitrogens with one attached hydrogen (secondary N) is 3. The van der Waals surface area contributed by atoms with Crippen LogP contribution in [0.1, 0.15) is 37.0 Å². The number of nitriles is 1. The van der Waals surface area contributed by atoms with Crippen LogP contribution in [0.25, 0.3) is 0 Å². The minimum Gasteiger partial charge on any atom is -0.457 e. The second-order valence-electron chi connectivity index (χ2n) is 7.69. The normalized spacial score (nSPS) is 18.5. The number of carbonyl (C=O) groups is 1. The molecule has 0 aromatic heterocycles. The van der Waals surface area contributed by atoms with Crippen LogP contribution in [-0.4, -0.2) is 43.4 Å². The predicted octanol–water partition coefficient (Wildman–Crippen LogP) is 4.64. The number of hydrogen-bond acceptors (Lipinski definition) is 7. The molecule has 0 aliphatic carbocycles. The van der Waals surface area contributed by atoms with Gasteiger partial charge in [0.05, 0.1) is 5.02 Å². The van der Waals surface area contributed by atoms with E-state index in [1.165, 1.54) is 4.90 Å². The quantitative estimate of drug-likeness (QED) is 0.151. The van der Waals surface area contributed by atoms with E-state index < -0.39 is 0 Å². The molecule has 0 radical (unpaired) electrons. The zero-order chi connectivity index (χ0) is 25.8. The van der Waals surface area contributed by atoms with Crippen LogP contribution >= 0.6 is 11.6 Å². The molecule has 1 aromatic carbocycles. The summed E-state index contributed by atoms with van der Waals surface area (Å²) in [6, 6.07) is 5.09. The molecular weight excluding hydrogens is 462 g/mol. The number of piperidine rings is 1. The number of hydrogen-bond donors (Lipinski definition) is 3. The summed E-state index contributed by atoms with van der Waals surface area (Å²) in [5.74, 6) is 1.39. The van der Waals surface area contributed by atoms with Gasteiger partial charge in [0.2, 0.25) is 0 Å². The van der Waals surface area contributed by atoms with Gasteiger partial charge in [-0.25, -0.2) is 0 Å². The fourth-order valence-electron chi connectivity index (χ4n) is 3.74. The number of allylic oxidation sites excluding steroid dienone is 3. The summed E-state index contributed by atoms with van der Waals surface area (Å²) in [4.78, 5) is 14.9. The molecule has 8 heteroatoms. The molecule has 7 nitrogen and oxygen atoms in total. The Morgan fingerprint density at radius 1 is 1.37 bits per heavy atom. The van der Waals surface area contributed by atoms with E-state index in [4.69, 9.17) is 16.3 Å². The summed E-state index contributed by atoms with van der Waals surface area (Å²) in [7, 11) is 1.68. The number of halogens is 1. The van der Waals surface area contributed by atoms with Crippen LogP contribution in [0, 0.1) is 11.5 Å². The monoisotopic (exact) mass is 495 g/mol. The maximum Gasteiger partial charge on any atom is 0.196 e. The first-order valence-corrected chi connectivity index (χ1v) is 12.1. The molecule has 1 saturated heterocycles. The minimum absolute atomic E-state index is 0.177. The number of Topliss-reactive ketones (excluding diaryl/α,β-unsaturated/α-hetero) is 1. The summed E-state index contributed by atoms with van der Waals surface area (Å²) in [5.41, 5.74) is 1.55. The first-order valence-electron chi connectivity index (χ1n) is 11.7. The van der Waals surface area contributed by atoms with E-state index in [-0.39, 0.29) is 16.8 Å². The molecule has 2 heterocycles. The minimum atomic E-state index is -0.232. The van der Waals surface area contributed by atoms with Crippen LogP contribution in [-0.2, 0) is 0 Å². The van der Waals surface area contributed by atoms with Gasteiger partial charge in [0.15, 0.2) is 12.0 Å². The second-order valence-corrected chi connectivity index (χ2v) is 8.10. The van der Waals surface area contributed by atoms with Crippen molar-refractivity contribution < 1.29 is 9.53 Å². The predicted molar refractivity (Wildman–Crippen MR) is 142 cm³/mol. The van der Waals surface area contributed by atoms with Crippen LogP contribution in [0.4, 0.5) is 0 Å². The van der Waals surface area contributed by atoms with E-state index in [1.807, 2.05) is 13.8 Å². The molecule has 0 bridgehead atoms. The fourth-order valence-corrected chi connectivity index (χ4v) is 4.00. The van der Waals surface area contributed by atoms with Gasteiger partial charge in [0.1, 0.15) is 17.3 Å². The molecule has 0 amide bonds. The largest absolute Gasteiger partial charge is 0.457 e. The Labute approximate surface area is 213 Å². The highest BCUT2D eigenvalue weighted by molar-refractivity contribution is 6.35. The molecule has 0 saturated carbocycles. The highest BCUT2D eigenvalue weighted by Gasteiger charge is 2.28. The van der Waals surface area contributed by atoms with Gasteiger partial charge in [0.25, 0.3) is 0 Å². The smallest absolute Gasteiger partial charge is 0.196 e. The van der Waals surface area contributed by atoms with E-state index in [0.717, 1.165) is 31.5 Å². The van der Waals surface area contributed by atoms with Crippen LogP contribution in [0.15, 0.2) is 78.5 Å². The average Bonchev–Trinajstić information content (AvgIpc) is 3.37. The molecule has 1 fully saturated rings. The van der Waals surface area contributed by atoms with Crippen molar-refractivity contribution in [1.82, 2.24) is 20.9 Å². The summed E-state index contributed by atoms with van der Waals surface area (Å²) < 4.78 is 5.72. The maximum absolute atomic E-state index is 13.4. The molecule has 1 aromatic rings. The highest BCUT2D eigenvalue weighted by Crippen LogP contribution is 2.30. The Bertz CT molecular complexity index is 1060. The Morgan fingerprint density at radius 3 is 2.74 bits per heavy atom. The van der Waals surface area contributed by atoms with E-state index in [1.54, 1.807) is 49.7 Å². The van der Waals surface area contributed by atoms with E-state index in [9.17, 15) is 10.1 Å². The number of ether oxygens (including phenoxy) is 1. The molecule has 1 unspecified atom stereocenters. The Morgan fingerprint density at radius 2 is 2.14 bits per heavy atom. The number of ketones is 1. The van der Waals surface area contributed by atoms with E-state index in [2.05, 4.69) is 35.3 Å². The van der Waals surface area contributed by atoms with Gasteiger partial charge in [-0.1, -0.05) is 44.7 Å². The van der Waals surface area contributed by atoms with Gasteiger partial charge in [-0.05, 0) is 43.7 Å². The van der Waals surface area contributed by atoms with Crippen molar-refractivity contribution in [3.8, 4) is 11.9 Å². The lowest BCUT2D eigenvalue weighted by Crippen LogP contribution is -2.45. The Kier molecular flexibility index (Phi) is 11.1. The van der Waals surface area contributed by atoms with Crippen molar-refractivity contribution in [2.45, 2.75) is 32.7 Å². The molecule has 35 heavy (non-hydrogen) atoms. The maximum atomic E-state index is 13.4. The van der Waals surface area contributed by atoms with Crippen molar-refractivity contribution >= 4 is 17.4 Å². The molecular formula is C27H34ClN5O2. The molecule has 1 atom stereocenters. The average molecular weight is 496 g/mol. The zero-order valence-corrected chi connectivity index (χ0v) is 21.4. The SMILES string of the molecule is C=C/C=C(\C=C)Oc1ccc(C(=O)C2=CNC/C2=C(/NC2CCCNC2)N(C)C#N)c(Cl)c1.CC. The Hall–Kier alpha value is -3.47. The van der Waals surface area contributed by atoms with Gasteiger partial charge in [-0.3, -0.25) is 9.69 Å². The number of nitrogens with zero attached hydrogens (tertiary/aromatic N) is 2. The molecule has 3 N–H and O–H groups in total. The van der Waals surface area contributed by atoms with Crippen molar-refractivity contribution in [1.29, 1.82) is 5.26 Å². The van der Waals surface area contributed by atoms with Crippen molar-refractivity contribution in [3.63, 3.8) is 0 Å². The van der Waals surface area contributed by atoms with Crippen LogP contribution in [0.3, 0.4) is 0 Å². The first kappa shape index (κ1) is 27.8. The number of carbonyl (C=O) groups excluding carboxylic acids is 1. The summed E-state index contributed by atoms with van der Waals surface area (Å²) in [6.45, 7) is 13.6. The molecule has 186 valence electrons. The van der Waals surface area contributed by atoms with Gasteiger partial charge in [-0.2, -0.15) is 5.26 Å². The lowest BCUT2D eigenvalue weighted by atomic mass is 9.98. The first-order chi connectivity index (χ1) is 17.0. The van der Waals surface area contributed by atoms with Gasteiger partial charge >= 0.3 is 0 Å². The molecule has 2 aliphatic rings. The van der Waals surface area contributed by atoms with Crippen LogP contribution in [0.5, 0.6) is 5.75 Å². The number of rotatable bonds is 9. The van der Waals surface area contributed by atoms with E-state index >= 15 is 0 Å². The third-order valence-corrected chi connectivity index (χ3v) is 5.72. The van der Waals surface area contributed by atoms with Crippen molar-refractivity contribution in [2.75, 3.05) is 26.7 Å². The van der Waals surface area contributed by atoms with Crippen LogP contribution < -0.4 is 20.7 Å². The summed E-state index contributed by atoms with van der Waals surface area (Å²) in [5, 5.41) is 19.8. The van der Waals surface area contributed by atoms with Gasteiger partial charge in [0, 0.05) is 55.2 Å². The topological polar surface area (TPSA) is 89.4 Å². The van der Waals surface area contributed by atoms with Crippen molar-refractivity contribution in [3.05, 3.63) is 89.1 Å². The molecule has 2 aliphatic heterocycles. The lowest BCUT2D eigenvalue weighted by Gasteiger charge is -2.29. The third kappa shape index (κ3) is 7.25. The third-order valence-electron chi connectivity index (χ3n) is 5.41. The number of benzene rings is 1.